The smallest absolute Gasteiger partial charge is 0.335 e. The van der Waals surface area contributed by atoms with Gasteiger partial charge in [-0.2, -0.15) is 0 Å². The minimum atomic E-state index is -1.02. The molecular weight excluding hydrogens is 170 g/mol. The number of carboxylic acid groups (broad SMARTS) is 1. The van der Waals surface area contributed by atoms with Crippen LogP contribution in [0, 0.1) is 12.3 Å². The monoisotopic (exact) mass is 177 g/mol. The zero-order valence-electron chi connectivity index (χ0n) is 6.73. The summed E-state index contributed by atoms with van der Waals surface area (Å²) in [5.41, 5.74) is 0.127. The largest absolute Gasteiger partial charge is 0.478 e. The maximum absolute atomic E-state index is 10.5. The Labute approximate surface area is 75.2 Å². The number of carboxylic acids is 1. The van der Waals surface area contributed by atoms with E-state index >= 15 is 0 Å². The molecule has 0 bridgehead atoms. The standard InChI is InChI=1S/C9H7NO3/c1-2-5-13-8-6-7(9(11)12)3-4-10-8/h1,3-4,6H,5H2,(H,11,12). The molecule has 13 heavy (non-hydrogen) atoms. The third-order valence-corrected chi connectivity index (χ3v) is 1.29. The van der Waals surface area contributed by atoms with Crippen LogP contribution >= 0.6 is 0 Å². The van der Waals surface area contributed by atoms with Gasteiger partial charge in [0.25, 0.3) is 0 Å². The lowest BCUT2D eigenvalue weighted by atomic mass is 10.3. The molecule has 66 valence electrons. The topological polar surface area (TPSA) is 59.4 Å². The number of hydrogen-bond donors (Lipinski definition) is 1. The fourth-order valence-corrected chi connectivity index (χ4v) is 0.737. The number of aromatic carboxylic acids is 1. The van der Waals surface area contributed by atoms with Gasteiger partial charge in [-0.15, -0.1) is 6.42 Å². The Morgan fingerprint density at radius 1 is 1.77 bits per heavy atom. The van der Waals surface area contributed by atoms with E-state index in [1.807, 2.05) is 0 Å². The highest BCUT2D eigenvalue weighted by atomic mass is 16.5. The first-order valence-electron chi connectivity index (χ1n) is 3.49. The molecule has 0 aromatic carbocycles. The Morgan fingerprint density at radius 3 is 3.15 bits per heavy atom. The zero-order chi connectivity index (χ0) is 9.68. The highest BCUT2D eigenvalue weighted by Gasteiger charge is 2.03. The zero-order valence-corrected chi connectivity index (χ0v) is 6.73. The van der Waals surface area contributed by atoms with Crippen LogP contribution in [-0.2, 0) is 0 Å². The lowest BCUT2D eigenvalue weighted by Crippen LogP contribution is -2.00. The fourth-order valence-electron chi connectivity index (χ4n) is 0.737. The molecule has 0 atom stereocenters. The number of nitrogens with zero attached hydrogens (tertiary/aromatic N) is 1. The number of terminal acetylenes is 1. The van der Waals surface area contributed by atoms with E-state index in [-0.39, 0.29) is 18.1 Å². The van der Waals surface area contributed by atoms with Crippen LogP contribution in [0.1, 0.15) is 10.4 Å². The molecule has 4 nitrogen and oxygen atoms in total. The predicted molar refractivity (Wildman–Crippen MR) is 45.5 cm³/mol. The fraction of sp³-hybridized carbons (Fsp3) is 0.111. The van der Waals surface area contributed by atoms with Crippen molar-refractivity contribution in [1.82, 2.24) is 4.98 Å². The lowest BCUT2D eigenvalue weighted by Gasteiger charge is -2.00. The van der Waals surface area contributed by atoms with Gasteiger partial charge >= 0.3 is 5.97 Å². The van der Waals surface area contributed by atoms with Gasteiger partial charge in [-0.1, -0.05) is 5.92 Å². The summed E-state index contributed by atoms with van der Waals surface area (Å²) in [4.78, 5) is 14.3. The maximum Gasteiger partial charge on any atom is 0.335 e. The summed E-state index contributed by atoms with van der Waals surface area (Å²) >= 11 is 0. The first-order valence-corrected chi connectivity index (χ1v) is 3.49. The minimum Gasteiger partial charge on any atom is -0.478 e. The van der Waals surface area contributed by atoms with E-state index in [1.54, 1.807) is 0 Å². The molecule has 0 saturated heterocycles. The van der Waals surface area contributed by atoms with Crippen molar-refractivity contribution in [3.63, 3.8) is 0 Å². The molecule has 1 heterocycles. The van der Waals surface area contributed by atoms with E-state index in [0.717, 1.165) is 0 Å². The second-order valence-electron chi connectivity index (χ2n) is 2.18. The van der Waals surface area contributed by atoms with Crippen molar-refractivity contribution < 1.29 is 14.6 Å². The highest BCUT2D eigenvalue weighted by Crippen LogP contribution is 2.08. The summed E-state index contributed by atoms with van der Waals surface area (Å²) in [6.07, 6.45) is 6.31. The maximum atomic E-state index is 10.5. The van der Waals surface area contributed by atoms with Crippen LogP contribution in [0.15, 0.2) is 18.3 Å². The van der Waals surface area contributed by atoms with Crippen LogP contribution in [-0.4, -0.2) is 22.7 Å². The van der Waals surface area contributed by atoms with Crippen molar-refractivity contribution in [2.45, 2.75) is 0 Å². The molecule has 0 saturated carbocycles. The lowest BCUT2D eigenvalue weighted by molar-refractivity contribution is 0.0696. The van der Waals surface area contributed by atoms with Gasteiger partial charge in [-0.3, -0.25) is 0 Å². The number of rotatable bonds is 3. The van der Waals surface area contributed by atoms with Crippen LogP contribution < -0.4 is 4.74 Å². The molecule has 0 unspecified atom stereocenters. The summed E-state index contributed by atoms with van der Waals surface area (Å²) in [6.45, 7) is 0.0794. The second kappa shape index (κ2) is 4.12. The van der Waals surface area contributed by atoms with Crippen LogP contribution in [0.25, 0.3) is 0 Å². The molecule has 1 aromatic rings. The Hall–Kier alpha value is -2.02. The van der Waals surface area contributed by atoms with Crippen molar-refractivity contribution in [2.75, 3.05) is 6.61 Å². The van der Waals surface area contributed by atoms with Crippen LogP contribution in [0.2, 0.25) is 0 Å². The Morgan fingerprint density at radius 2 is 2.54 bits per heavy atom. The molecule has 0 amide bonds. The highest BCUT2D eigenvalue weighted by molar-refractivity contribution is 5.87. The van der Waals surface area contributed by atoms with Gasteiger partial charge < -0.3 is 9.84 Å². The molecule has 1 aromatic heterocycles. The van der Waals surface area contributed by atoms with Crippen molar-refractivity contribution in [3.8, 4) is 18.2 Å². The molecule has 0 aliphatic carbocycles. The average Bonchev–Trinajstić information content (AvgIpc) is 2.15. The average molecular weight is 177 g/mol. The Kier molecular flexibility index (Phi) is 2.87. The van der Waals surface area contributed by atoms with Gasteiger partial charge in [0.1, 0.15) is 0 Å². The van der Waals surface area contributed by atoms with E-state index in [0.29, 0.717) is 0 Å². The summed E-state index contributed by atoms with van der Waals surface area (Å²) in [5.74, 6) is 1.46. The molecule has 0 spiro atoms. The van der Waals surface area contributed by atoms with Crippen molar-refractivity contribution in [2.24, 2.45) is 0 Å². The summed E-state index contributed by atoms with van der Waals surface area (Å²) < 4.78 is 4.94. The number of carbonyl (C=O) groups is 1. The van der Waals surface area contributed by atoms with Gasteiger partial charge in [-0.25, -0.2) is 9.78 Å². The number of pyridine rings is 1. The molecule has 0 fully saturated rings. The molecular formula is C9H7NO3. The third-order valence-electron chi connectivity index (χ3n) is 1.29. The summed E-state index contributed by atoms with van der Waals surface area (Å²) in [6, 6.07) is 2.70. The third kappa shape index (κ3) is 2.49. The quantitative estimate of drug-likeness (QED) is 0.693. The summed E-state index contributed by atoms with van der Waals surface area (Å²) in [7, 11) is 0. The van der Waals surface area contributed by atoms with Crippen molar-refractivity contribution in [3.05, 3.63) is 23.9 Å². The first kappa shape index (κ1) is 9.07. The number of aromatic nitrogens is 1. The van der Waals surface area contributed by atoms with Crippen LogP contribution in [0.4, 0.5) is 0 Å². The summed E-state index contributed by atoms with van der Waals surface area (Å²) in [5, 5.41) is 8.61. The van der Waals surface area contributed by atoms with Gasteiger partial charge in [0, 0.05) is 12.3 Å². The molecule has 0 aliphatic heterocycles. The SMILES string of the molecule is C#CCOc1cc(C(=O)O)ccn1. The van der Waals surface area contributed by atoms with Gasteiger partial charge in [-0.05, 0) is 6.07 Å². The molecule has 0 aliphatic rings. The second-order valence-corrected chi connectivity index (χ2v) is 2.18. The number of hydrogen-bond acceptors (Lipinski definition) is 3. The van der Waals surface area contributed by atoms with E-state index in [1.165, 1.54) is 18.3 Å². The molecule has 1 N–H and O–H groups in total. The number of ether oxygens (including phenoxy) is 1. The van der Waals surface area contributed by atoms with Crippen molar-refractivity contribution in [1.29, 1.82) is 0 Å². The Bertz CT molecular complexity index is 354. The van der Waals surface area contributed by atoms with Crippen molar-refractivity contribution >= 4 is 5.97 Å². The molecule has 4 heteroatoms. The first-order chi connectivity index (χ1) is 6.24. The van der Waals surface area contributed by atoms with E-state index in [2.05, 4.69) is 10.9 Å². The molecule has 1 rings (SSSR count). The van der Waals surface area contributed by atoms with E-state index in [9.17, 15) is 4.79 Å². The van der Waals surface area contributed by atoms with E-state index in [4.69, 9.17) is 16.3 Å². The Balaban J connectivity index is 2.80. The normalized spacial score (nSPS) is 8.85. The van der Waals surface area contributed by atoms with Crippen LogP contribution in [0.5, 0.6) is 5.88 Å². The minimum absolute atomic E-state index is 0.0794. The van der Waals surface area contributed by atoms with Crippen LogP contribution in [0.3, 0.4) is 0 Å². The van der Waals surface area contributed by atoms with Gasteiger partial charge in [0.15, 0.2) is 6.61 Å². The molecule has 0 radical (unpaired) electrons. The van der Waals surface area contributed by atoms with Gasteiger partial charge in [0.2, 0.25) is 5.88 Å². The van der Waals surface area contributed by atoms with E-state index < -0.39 is 5.97 Å². The predicted octanol–water partition coefficient (Wildman–Crippen LogP) is 0.792. The van der Waals surface area contributed by atoms with Gasteiger partial charge in [0.05, 0.1) is 5.56 Å².